The highest BCUT2D eigenvalue weighted by molar-refractivity contribution is 8.00. The molecule has 1 aromatic rings. The third kappa shape index (κ3) is 3.40. The Kier molecular flexibility index (Phi) is 3.34. The molecular formula is C6H7ClNO4PS. The van der Waals surface area contributed by atoms with Gasteiger partial charge in [-0.1, -0.05) is 18.2 Å². The molecule has 0 fully saturated rings. The van der Waals surface area contributed by atoms with E-state index < -0.39 is 16.9 Å². The molecule has 1 atom stereocenters. The van der Waals surface area contributed by atoms with Crippen LogP contribution in [0.4, 0.5) is 0 Å². The van der Waals surface area contributed by atoms with Crippen molar-refractivity contribution in [2.45, 2.75) is 4.90 Å². The molecular weight excluding hydrogens is 249 g/mol. The summed E-state index contributed by atoms with van der Waals surface area (Å²) in [7, 11) is -4.01. The van der Waals surface area contributed by atoms with Crippen molar-refractivity contribution in [1.29, 1.82) is 0 Å². The summed E-state index contributed by atoms with van der Waals surface area (Å²) in [5.41, 5.74) is 0. The van der Waals surface area contributed by atoms with Crippen LogP contribution in [0, 0.1) is 0 Å². The van der Waals surface area contributed by atoms with E-state index >= 15 is 0 Å². The van der Waals surface area contributed by atoms with Gasteiger partial charge in [-0.05, 0) is 23.4 Å². The number of nitrogens with one attached hydrogen (secondary N) is 1. The van der Waals surface area contributed by atoms with Gasteiger partial charge in [0.25, 0.3) is 0 Å². The molecule has 0 radical (unpaired) electrons. The molecule has 0 saturated heterocycles. The quantitative estimate of drug-likeness (QED) is 0.798. The number of halogens is 1. The molecule has 78 valence electrons. The van der Waals surface area contributed by atoms with E-state index in [2.05, 4.69) is 0 Å². The van der Waals surface area contributed by atoms with E-state index in [9.17, 15) is 13.0 Å². The Hall–Kier alpha value is -0.390. The minimum absolute atomic E-state index is 0.116. The van der Waals surface area contributed by atoms with Crippen molar-refractivity contribution in [2.75, 3.05) is 0 Å². The SMILES string of the molecule is O=P(O)(Cl)NS(=O)(=O)c1ccccc1. The van der Waals surface area contributed by atoms with Crippen molar-refractivity contribution >= 4 is 28.1 Å². The highest BCUT2D eigenvalue weighted by atomic mass is 35.7. The van der Waals surface area contributed by atoms with Crippen LogP contribution in [-0.2, 0) is 14.6 Å². The largest absolute Gasteiger partial charge is 0.371 e. The highest BCUT2D eigenvalue weighted by Crippen LogP contribution is 2.42. The van der Waals surface area contributed by atoms with Gasteiger partial charge < -0.3 is 4.89 Å². The fourth-order valence-corrected chi connectivity index (χ4v) is 3.74. The fourth-order valence-electron chi connectivity index (χ4n) is 0.801. The number of benzene rings is 1. The van der Waals surface area contributed by atoms with Gasteiger partial charge in [0.2, 0.25) is 10.0 Å². The van der Waals surface area contributed by atoms with Crippen LogP contribution in [-0.4, -0.2) is 13.3 Å². The number of hydrogen-bond acceptors (Lipinski definition) is 3. The number of sulfonamides is 1. The predicted octanol–water partition coefficient (Wildman–Crippen LogP) is 1.30. The summed E-state index contributed by atoms with van der Waals surface area (Å²) in [6.07, 6.45) is 0. The van der Waals surface area contributed by atoms with E-state index in [0.29, 0.717) is 0 Å². The minimum atomic E-state index is -4.32. The smallest absolute Gasteiger partial charge is 0.321 e. The monoisotopic (exact) mass is 255 g/mol. The van der Waals surface area contributed by atoms with Crippen LogP contribution in [0.15, 0.2) is 35.2 Å². The van der Waals surface area contributed by atoms with Crippen LogP contribution in [0.2, 0.25) is 0 Å². The molecule has 1 aromatic carbocycles. The molecule has 0 aliphatic carbocycles. The lowest BCUT2D eigenvalue weighted by atomic mass is 10.4. The minimum Gasteiger partial charge on any atom is -0.321 e. The zero-order valence-corrected chi connectivity index (χ0v) is 9.26. The van der Waals surface area contributed by atoms with E-state index in [1.807, 2.05) is 0 Å². The summed E-state index contributed by atoms with van der Waals surface area (Å²) in [6, 6.07) is 7.18. The van der Waals surface area contributed by atoms with E-state index in [1.165, 1.54) is 28.8 Å². The third-order valence-corrected chi connectivity index (χ3v) is 4.66. The Balaban J connectivity index is 3.05. The summed E-state index contributed by atoms with van der Waals surface area (Å²) in [5.74, 6) is 0. The normalized spacial score (nSPS) is 16.1. The van der Waals surface area contributed by atoms with Gasteiger partial charge in [0.1, 0.15) is 0 Å². The maximum Gasteiger partial charge on any atom is 0.371 e. The second-order valence-electron chi connectivity index (χ2n) is 2.41. The average Bonchev–Trinajstić information content (AvgIpc) is 2.01. The molecule has 8 heteroatoms. The van der Waals surface area contributed by atoms with Gasteiger partial charge in [-0.25, -0.2) is 8.42 Å². The molecule has 0 saturated carbocycles. The molecule has 0 aliphatic rings. The Bertz CT molecular complexity index is 454. The summed E-state index contributed by atoms with van der Waals surface area (Å²) < 4.78 is 34.7. The molecule has 1 rings (SSSR count). The maximum atomic E-state index is 11.3. The Morgan fingerprint density at radius 1 is 1.29 bits per heavy atom. The molecule has 0 amide bonds. The Morgan fingerprint density at radius 3 is 2.21 bits per heavy atom. The first-order valence-electron chi connectivity index (χ1n) is 3.43. The summed E-state index contributed by atoms with van der Waals surface area (Å²) >= 11 is 4.89. The van der Waals surface area contributed by atoms with Crippen molar-refractivity contribution in [3.63, 3.8) is 0 Å². The molecule has 1 unspecified atom stereocenters. The van der Waals surface area contributed by atoms with Gasteiger partial charge >= 0.3 is 6.87 Å². The first-order valence-corrected chi connectivity index (χ1v) is 7.48. The van der Waals surface area contributed by atoms with Crippen LogP contribution >= 0.6 is 18.1 Å². The molecule has 0 aromatic heterocycles. The van der Waals surface area contributed by atoms with Gasteiger partial charge in [-0.15, -0.1) is 4.49 Å². The molecule has 2 N–H and O–H groups in total. The van der Waals surface area contributed by atoms with Crippen LogP contribution in [0.25, 0.3) is 0 Å². The lowest BCUT2D eigenvalue weighted by molar-refractivity contribution is 0.490. The Labute approximate surface area is 86.1 Å². The lowest BCUT2D eigenvalue weighted by Crippen LogP contribution is -2.18. The molecule has 14 heavy (non-hydrogen) atoms. The van der Waals surface area contributed by atoms with Gasteiger partial charge in [0, 0.05) is 0 Å². The molecule has 0 spiro atoms. The number of rotatable bonds is 3. The zero-order chi connectivity index (χ0) is 10.8. The molecule has 0 heterocycles. The van der Waals surface area contributed by atoms with E-state index in [1.54, 1.807) is 6.07 Å². The Morgan fingerprint density at radius 2 is 1.79 bits per heavy atom. The standard InChI is InChI=1S/C6H7ClNO4PS/c7-13(9,10)8-14(11,12)6-4-2-1-3-5-6/h1-5H,(H2,8,9,10). The molecule has 0 bridgehead atoms. The molecule has 0 aliphatic heterocycles. The van der Waals surface area contributed by atoms with Crippen LogP contribution < -0.4 is 4.49 Å². The van der Waals surface area contributed by atoms with Gasteiger partial charge in [0.15, 0.2) is 0 Å². The summed E-state index contributed by atoms with van der Waals surface area (Å²) in [4.78, 5) is 8.53. The van der Waals surface area contributed by atoms with Crippen molar-refractivity contribution in [3.05, 3.63) is 30.3 Å². The van der Waals surface area contributed by atoms with E-state index in [0.717, 1.165) is 0 Å². The van der Waals surface area contributed by atoms with Crippen LogP contribution in [0.3, 0.4) is 0 Å². The first-order chi connectivity index (χ1) is 6.31. The topological polar surface area (TPSA) is 83.5 Å². The van der Waals surface area contributed by atoms with Crippen molar-refractivity contribution < 1.29 is 17.9 Å². The zero-order valence-electron chi connectivity index (χ0n) is 6.79. The second-order valence-corrected chi connectivity index (χ2v) is 7.00. The first kappa shape index (κ1) is 11.7. The predicted molar refractivity (Wildman–Crippen MR) is 52.4 cm³/mol. The fraction of sp³-hybridized carbons (Fsp3) is 0. The van der Waals surface area contributed by atoms with E-state index in [4.69, 9.17) is 16.1 Å². The van der Waals surface area contributed by atoms with Crippen molar-refractivity contribution in [3.8, 4) is 0 Å². The van der Waals surface area contributed by atoms with Gasteiger partial charge in [-0.3, -0.25) is 4.57 Å². The number of hydrogen-bond donors (Lipinski definition) is 2. The van der Waals surface area contributed by atoms with E-state index in [-0.39, 0.29) is 4.90 Å². The highest BCUT2D eigenvalue weighted by Gasteiger charge is 2.24. The third-order valence-electron chi connectivity index (χ3n) is 1.29. The lowest BCUT2D eigenvalue weighted by Gasteiger charge is -2.06. The van der Waals surface area contributed by atoms with Gasteiger partial charge in [0.05, 0.1) is 4.90 Å². The van der Waals surface area contributed by atoms with Crippen LogP contribution in [0.1, 0.15) is 0 Å². The van der Waals surface area contributed by atoms with Crippen LogP contribution in [0.5, 0.6) is 0 Å². The maximum absolute atomic E-state index is 11.3. The van der Waals surface area contributed by atoms with Gasteiger partial charge in [-0.2, -0.15) is 0 Å². The summed E-state index contributed by atoms with van der Waals surface area (Å²) in [6.45, 7) is -4.32. The average molecular weight is 256 g/mol. The second kappa shape index (κ2) is 4.00. The molecule has 5 nitrogen and oxygen atoms in total. The van der Waals surface area contributed by atoms with Crippen molar-refractivity contribution in [1.82, 2.24) is 4.49 Å². The van der Waals surface area contributed by atoms with Crippen molar-refractivity contribution in [2.24, 2.45) is 0 Å². The summed E-state index contributed by atoms with van der Waals surface area (Å²) in [5, 5.41) is 0.